The summed E-state index contributed by atoms with van der Waals surface area (Å²) in [6.45, 7) is -0.177. The van der Waals surface area contributed by atoms with Crippen molar-refractivity contribution in [1.82, 2.24) is 0 Å². The number of nitrogens with zero attached hydrogens (tertiary/aromatic N) is 1. The molecule has 2 aromatic carbocycles. The van der Waals surface area contributed by atoms with Crippen molar-refractivity contribution < 1.29 is 14.5 Å². The smallest absolute Gasteiger partial charge is 0.287 e. The molecular weight excluding hydrogens is 326 g/mol. The Morgan fingerprint density at radius 3 is 2.50 bits per heavy atom. The Hall–Kier alpha value is -2.21. The van der Waals surface area contributed by atoms with Crippen LogP contribution >= 0.6 is 15.9 Å². The van der Waals surface area contributed by atoms with E-state index in [1.807, 2.05) is 6.07 Å². The summed E-state index contributed by atoms with van der Waals surface area (Å²) >= 11 is 3.11. The number of carbonyl (C=O) groups is 1. The average molecular weight is 336 g/mol. The van der Waals surface area contributed by atoms with Gasteiger partial charge in [-0.3, -0.25) is 14.9 Å². The second-order valence-corrected chi connectivity index (χ2v) is 4.72. The third kappa shape index (κ3) is 3.21. The molecule has 0 radical (unpaired) electrons. The van der Waals surface area contributed by atoms with Crippen molar-refractivity contribution in [1.29, 1.82) is 0 Å². The van der Waals surface area contributed by atoms with Gasteiger partial charge in [0.25, 0.3) is 5.69 Å². The van der Waals surface area contributed by atoms with Gasteiger partial charge in [0.2, 0.25) is 0 Å². The molecule has 0 spiro atoms. The molecule has 102 valence electrons. The third-order valence-electron chi connectivity index (χ3n) is 2.59. The van der Waals surface area contributed by atoms with Gasteiger partial charge in [0.15, 0.2) is 12.4 Å². The lowest BCUT2D eigenvalue weighted by atomic mass is 10.1. The van der Waals surface area contributed by atoms with Gasteiger partial charge in [0.1, 0.15) is 10.2 Å². The summed E-state index contributed by atoms with van der Waals surface area (Å²) in [6, 6.07) is 13.1. The number of carbonyl (C=O) groups excluding carboxylic acids is 1. The van der Waals surface area contributed by atoms with Crippen LogP contribution in [0.15, 0.2) is 53.0 Å². The van der Waals surface area contributed by atoms with E-state index in [-0.39, 0.29) is 28.3 Å². The lowest BCUT2D eigenvalue weighted by molar-refractivity contribution is -0.385. The van der Waals surface area contributed by atoms with Crippen LogP contribution in [-0.4, -0.2) is 17.3 Å². The number of ketones is 1. The largest absolute Gasteiger partial charge is 0.484 e. The Labute approximate surface area is 123 Å². The van der Waals surface area contributed by atoms with Gasteiger partial charge in [-0.2, -0.15) is 0 Å². The van der Waals surface area contributed by atoms with E-state index in [2.05, 4.69) is 15.9 Å². The van der Waals surface area contributed by atoms with Crippen molar-refractivity contribution in [3.63, 3.8) is 0 Å². The molecule has 0 saturated carbocycles. The highest BCUT2D eigenvalue weighted by Gasteiger charge is 2.16. The normalized spacial score (nSPS) is 10.1. The lowest BCUT2D eigenvalue weighted by Crippen LogP contribution is -2.11. The second-order valence-electron chi connectivity index (χ2n) is 3.92. The van der Waals surface area contributed by atoms with Crippen molar-refractivity contribution in [2.24, 2.45) is 0 Å². The van der Waals surface area contributed by atoms with E-state index >= 15 is 0 Å². The monoisotopic (exact) mass is 335 g/mol. The highest BCUT2D eigenvalue weighted by atomic mass is 79.9. The first kappa shape index (κ1) is 14.2. The summed E-state index contributed by atoms with van der Waals surface area (Å²) in [5.74, 6) is 0.0764. The van der Waals surface area contributed by atoms with Crippen LogP contribution in [0.5, 0.6) is 5.75 Å². The second kappa shape index (κ2) is 6.29. The fourth-order valence-corrected chi connectivity index (χ4v) is 2.13. The minimum absolute atomic E-state index is 0.102. The molecule has 5 nitrogen and oxygen atoms in total. The van der Waals surface area contributed by atoms with E-state index in [4.69, 9.17) is 4.74 Å². The van der Waals surface area contributed by atoms with Gasteiger partial charge in [0.05, 0.1) is 4.92 Å². The number of Topliss-reactive ketones (excluding diaryl/α,β-unsaturated/α-hetero) is 1. The Balaban J connectivity index is 2.10. The molecule has 0 aliphatic rings. The molecule has 0 fully saturated rings. The number of nitro benzene ring substituents is 1. The summed E-state index contributed by atoms with van der Waals surface area (Å²) in [4.78, 5) is 22.1. The molecule has 0 atom stereocenters. The first-order valence-electron chi connectivity index (χ1n) is 5.73. The minimum Gasteiger partial charge on any atom is -0.484 e. The minimum atomic E-state index is -0.518. The van der Waals surface area contributed by atoms with Gasteiger partial charge in [-0.25, -0.2) is 0 Å². The van der Waals surface area contributed by atoms with Crippen LogP contribution in [0.1, 0.15) is 10.4 Å². The molecule has 0 heterocycles. The molecule has 0 aromatic heterocycles. The maximum absolute atomic E-state index is 11.9. The number of rotatable bonds is 5. The summed E-state index contributed by atoms with van der Waals surface area (Å²) in [6.07, 6.45) is 0. The Bertz CT molecular complexity index is 643. The molecule has 6 heteroatoms. The SMILES string of the molecule is O=C(COc1cccc([N+](=O)[O-])c1Br)c1ccccc1. The van der Waals surface area contributed by atoms with Crippen LogP contribution in [0.25, 0.3) is 0 Å². The Kier molecular flexibility index (Phi) is 4.47. The predicted octanol–water partition coefficient (Wildman–Crippen LogP) is 3.62. The maximum Gasteiger partial charge on any atom is 0.287 e. The molecule has 2 aromatic rings. The molecule has 20 heavy (non-hydrogen) atoms. The van der Waals surface area contributed by atoms with Crippen LogP contribution < -0.4 is 4.74 Å². The molecule has 0 saturated heterocycles. The molecule has 0 amide bonds. The van der Waals surface area contributed by atoms with Crippen LogP contribution in [0.4, 0.5) is 5.69 Å². The van der Waals surface area contributed by atoms with Crippen molar-refractivity contribution in [2.75, 3.05) is 6.61 Å². The molecular formula is C14H10BrNO4. The van der Waals surface area contributed by atoms with Gasteiger partial charge in [-0.15, -0.1) is 0 Å². The zero-order chi connectivity index (χ0) is 14.5. The van der Waals surface area contributed by atoms with E-state index in [9.17, 15) is 14.9 Å². The van der Waals surface area contributed by atoms with E-state index in [0.29, 0.717) is 5.56 Å². The fraction of sp³-hybridized carbons (Fsp3) is 0.0714. The van der Waals surface area contributed by atoms with Crippen molar-refractivity contribution in [3.8, 4) is 5.75 Å². The van der Waals surface area contributed by atoms with E-state index in [0.717, 1.165) is 0 Å². The summed E-state index contributed by atoms with van der Waals surface area (Å²) in [5, 5.41) is 10.8. The first-order chi connectivity index (χ1) is 9.59. The van der Waals surface area contributed by atoms with Crippen molar-refractivity contribution >= 4 is 27.4 Å². The van der Waals surface area contributed by atoms with E-state index < -0.39 is 4.92 Å². The Morgan fingerprint density at radius 1 is 1.15 bits per heavy atom. The summed E-state index contributed by atoms with van der Waals surface area (Å²) in [5.41, 5.74) is 0.434. The molecule has 2 rings (SSSR count). The Morgan fingerprint density at radius 2 is 1.85 bits per heavy atom. The fourth-order valence-electron chi connectivity index (χ4n) is 1.60. The van der Waals surface area contributed by atoms with Crippen LogP contribution in [-0.2, 0) is 0 Å². The average Bonchev–Trinajstić information content (AvgIpc) is 2.46. The first-order valence-corrected chi connectivity index (χ1v) is 6.53. The van der Waals surface area contributed by atoms with Gasteiger partial charge >= 0.3 is 0 Å². The number of hydrogen-bond acceptors (Lipinski definition) is 4. The number of benzene rings is 2. The van der Waals surface area contributed by atoms with Gasteiger partial charge < -0.3 is 4.74 Å². The standard InChI is InChI=1S/C14H10BrNO4/c15-14-11(16(18)19)7-4-8-13(14)20-9-12(17)10-5-2-1-3-6-10/h1-8H,9H2. The van der Waals surface area contributed by atoms with Gasteiger partial charge in [0, 0.05) is 11.6 Å². The quantitative estimate of drug-likeness (QED) is 0.475. The molecule has 0 aliphatic heterocycles. The van der Waals surface area contributed by atoms with Crippen LogP contribution in [0, 0.1) is 10.1 Å². The summed E-state index contributed by atoms with van der Waals surface area (Å²) in [7, 11) is 0. The van der Waals surface area contributed by atoms with E-state index in [1.54, 1.807) is 30.3 Å². The molecule has 0 unspecified atom stereocenters. The predicted molar refractivity (Wildman–Crippen MR) is 77.1 cm³/mol. The topological polar surface area (TPSA) is 69.4 Å². The van der Waals surface area contributed by atoms with Gasteiger partial charge in [-0.05, 0) is 22.0 Å². The number of hydrogen-bond donors (Lipinski definition) is 0. The van der Waals surface area contributed by atoms with Crippen molar-refractivity contribution in [3.05, 3.63) is 68.7 Å². The van der Waals surface area contributed by atoms with Crippen molar-refractivity contribution in [2.45, 2.75) is 0 Å². The van der Waals surface area contributed by atoms with Gasteiger partial charge in [-0.1, -0.05) is 36.4 Å². The maximum atomic E-state index is 11.9. The molecule has 0 bridgehead atoms. The van der Waals surface area contributed by atoms with E-state index in [1.165, 1.54) is 12.1 Å². The zero-order valence-electron chi connectivity index (χ0n) is 10.3. The highest BCUT2D eigenvalue weighted by Crippen LogP contribution is 2.33. The highest BCUT2D eigenvalue weighted by molar-refractivity contribution is 9.10. The molecule has 0 N–H and O–H groups in total. The number of nitro groups is 1. The number of ether oxygens (including phenoxy) is 1. The lowest BCUT2D eigenvalue weighted by Gasteiger charge is -2.07. The number of halogens is 1. The summed E-state index contributed by atoms with van der Waals surface area (Å²) < 4.78 is 5.57. The van der Waals surface area contributed by atoms with Crippen LogP contribution in [0.3, 0.4) is 0 Å². The third-order valence-corrected chi connectivity index (χ3v) is 3.39. The zero-order valence-corrected chi connectivity index (χ0v) is 11.9. The molecule has 0 aliphatic carbocycles. The van der Waals surface area contributed by atoms with Crippen LogP contribution in [0.2, 0.25) is 0 Å².